The Morgan fingerprint density at radius 3 is 1.78 bits per heavy atom. The van der Waals surface area contributed by atoms with Gasteiger partial charge in [0.25, 0.3) is 5.82 Å². The van der Waals surface area contributed by atoms with Crippen LogP contribution in [-0.2, 0) is 19.5 Å². The van der Waals surface area contributed by atoms with E-state index in [1.807, 2.05) is 0 Å². The van der Waals surface area contributed by atoms with Crippen molar-refractivity contribution in [2.75, 3.05) is 0 Å². The molecule has 0 aliphatic carbocycles. The summed E-state index contributed by atoms with van der Waals surface area (Å²) in [6.45, 7) is 9.33. The van der Waals surface area contributed by atoms with E-state index in [0.29, 0.717) is 0 Å². The third-order valence-corrected chi connectivity index (χ3v) is 5.85. The van der Waals surface area contributed by atoms with Crippen LogP contribution in [0.2, 0.25) is 0 Å². The summed E-state index contributed by atoms with van der Waals surface area (Å²) in [6, 6.07) is 0. The molecule has 1 heterocycles. The van der Waals surface area contributed by atoms with Gasteiger partial charge < -0.3 is 0 Å². The fourth-order valence-electron chi connectivity index (χ4n) is 4.03. The number of hydrogen-bond acceptors (Lipinski definition) is 0. The molecule has 0 N–H and O–H groups in total. The summed E-state index contributed by atoms with van der Waals surface area (Å²) in [5, 5.41) is 0. The lowest BCUT2D eigenvalue weighted by Gasteiger charge is -2.06. The zero-order valence-corrected chi connectivity index (χ0v) is 19.0. The highest BCUT2D eigenvalue weighted by molar-refractivity contribution is 4.84. The van der Waals surface area contributed by atoms with Gasteiger partial charge in [0.15, 0.2) is 0 Å². The van der Waals surface area contributed by atoms with Gasteiger partial charge in [0, 0.05) is 6.42 Å². The third kappa shape index (κ3) is 11.6. The fourth-order valence-corrected chi connectivity index (χ4v) is 4.03. The molecule has 1 aromatic heterocycles. The van der Waals surface area contributed by atoms with Crippen LogP contribution in [-0.4, -0.2) is 4.57 Å². The molecule has 0 spiro atoms. The first-order valence-electron chi connectivity index (χ1n) is 12.4. The molecule has 27 heavy (non-hydrogen) atoms. The van der Waals surface area contributed by atoms with Gasteiger partial charge in [-0.15, -0.1) is 0 Å². The molecule has 0 fully saturated rings. The monoisotopic (exact) mass is 377 g/mol. The number of hydrogen-bond donors (Lipinski definition) is 0. The standard InChI is InChI=1S/C25H49N2/c1-4-7-10-12-14-15-17-20-25-26(21-18-9-6-3)23-24-27(25)22-19-16-13-11-8-5-2/h23-24H,4-22H2,1-3H3/q+1. The number of aryl methyl sites for hydroxylation is 2. The lowest BCUT2D eigenvalue weighted by Crippen LogP contribution is -2.37. The van der Waals surface area contributed by atoms with Crippen molar-refractivity contribution < 1.29 is 4.57 Å². The van der Waals surface area contributed by atoms with Crippen molar-refractivity contribution >= 4 is 0 Å². The van der Waals surface area contributed by atoms with E-state index in [9.17, 15) is 0 Å². The first-order chi connectivity index (χ1) is 13.3. The molecule has 0 amide bonds. The number of nitrogens with zero attached hydrogens (tertiary/aromatic N) is 2. The van der Waals surface area contributed by atoms with Crippen LogP contribution in [0.25, 0.3) is 0 Å². The molecular formula is C25H49N2+. The number of imidazole rings is 1. The molecular weight excluding hydrogens is 328 g/mol. The van der Waals surface area contributed by atoms with E-state index >= 15 is 0 Å². The topological polar surface area (TPSA) is 8.81 Å². The Morgan fingerprint density at radius 2 is 1.15 bits per heavy atom. The van der Waals surface area contributed by atoms with Gasteiger partial charge in [-0.3, -0.25) is 0 Å². The Kier molecular flexibility index (Phi) is 15.6. The van der Waals surface area contributed by atoms with Crippen molar-refractivity contribution in [1.29, 1.82) is 0 Å². The second-order valence-electron chi connectivity index (χ2n) is 8.45. The van der Waals surface area contributed by atoms with Gasteiger partial charge in [-0.2, -0.15) is 0 Å². The van der Waals surface area contributed by atoms with Crippen molar-refractivity contribution in [3.63, 3.8) is 0 Å². The molecule has 0 unspecified atom stereocenters. The van der Waals surface area contributed by atoms with Crippen LogP contribution in [0.5, 0.6) is 0 Å². The summed E-state index contributed by atoms with van der Waals surface area (Å²) >= 11 is 0. The van der Waals surface area contributed by atoms with Crippen molar-refractivity contribution in [3.05, 3.63) is 18.2 Å². The van der Waals surface area contributed by atoms with Crippen molar-refractivity contribution in [3.8, 4) is 0 Å². The zero-order valence-electron chi connectivity index (χ0n) is 19.0. The van der Waals surface area contributed by atoms with Gasteiger partial charge >= 0.3 is 0 Å². The highest BCUT2D eigenvalue weighted by Crippen LogP contribution is 2.12. The fraction of sp³-hybridized carbons (Fsp3) is 0.880. The molecule has 0 aliphatic heterocycles. The van der Waals surface area contributed by atoms with E-state index in [2.05, 4.69) is 42.3 Å². The second kappa shape index (κ2) is 17.3. The molecule has 1 aromatic rings. The SMILES string of the molecule is CCCCCCCCCc1n(CCCCCCCC)cc[n+]1CCCCC. The Bertz CT molecular complexity index is 436. The van der Waals surface area contributed by atoms with Gasteiger partial charge in [0.05, 0.1) is 13.1 Å². The number of aromatic nitrogens is 2. The highest BCUT2D eigenvalue weighted by Gasteiger charge is 2.16. The van der Waals surface area contributed by atoms with Crippen molar-refractivity contribution in [2.24, 2.45) is 0 Å². The number of rotatable bonds is 19. The summed E-state index contributed by atoms with van der Waals surface area (Å²) in [5.41, 5.74) is 0. The second-order valence-corrected chi connectivity index (χ2v) is 8.45. The van der Waals surface area contributed by atoms with Crippen LogP contribution >= 0.6 is 0 Å². The van der Waals surface area contributed by atoms with Crippen molar-refractivity contribution in [2.45, 2.75) is 143 Å². The van der Waals surface area contributed by atoms with E-state index in [1.165, 1.54) is 122 Å². The largest absolute Gasteiger partial charge is 0.256 e. The summed E-state index contributed by atoms with van der Waals surface area (Å²) in [5.74, 6) is 1.59. The van der Waals surface area contributed by atoms with E-state index in [0.717, 1.165) is 0 Å². The summed E-state index contributed by atoms with van der Waals surface area (Å²) in [6.07, 6.45) is 28.1. The van der Waals surface area contributed by atoms with Gasteiger partial charge in [-0.1, -0.05) is 91.4 Å². The van der Waals surface area contributed by atoms with Crippen molar-refractivity contribution in [1.82, 2.24) is 4.57 Å². The van der Waals surface area contributed by atoms with E-state index < -0.39 is 0 Å². The zero-order chi connectivity index (χ0) is 19.6. The first kappa shape index (κ1) is 24.2. The average molecular weight is 378 g/mol. The Hall–Kier alpha value is -0.790. The molecule has 1 rings (SSSR count). The minimum absolute atomic E-state index is 1.21. The molecule has 0 aliphatic rings. The summed E-state index contributed by atoms with van der Waals surface area (Å²) < 4.78 is 5.13. The smallest absolute Gasteiger partial charge is 0.234 e. The van der Waals surface area contributed by atoms with E-state index in [4.69, 9.17) is 0 Å². The molecule has 0 radical (unpaired) electrons. The van der Waals surface area contributed by atoms with Crippen LogP contribution in [0.4, 0.5) is 0 Å². The quantitative estimate of drug-likeness (QED) is 0.173. The lowest BCUT2D eigenvalue weighted by molar-refractivity contribution is -0.704. The molecule has 0 saturated carbocycles. The molecule has 0 atom stereocenters. The van der Waals surface area contributed by atoms with E-state index in [1.54, 1.807) is 5.82 Å². The molecule has 158 valence electrons. The lowest BCUT2D eigenvalue weighted by atomic mass is 10.1. The molecule has 0 saturated heterocycles. The normalized spacial score (nSPS) is 11.4. The molecule has 0 bridgehead atoms. The van der Waals surface area contributed by atoms with Crippen LogP contribution in [0, 0.1) is 0 Å². The maximum absolute atomic E-state index is 2.57. The summed E-state index contributed by atoms with van der Waals surface area (Å²) in [7, 11) is 0. The molecule has 2 heteroatoms. The maximum atomic E-state index is 2.57. The van der Waals surface area contributed by atoms with Gasteiger partial charge in [-0.25, -0.2) is 9.13 Å². The minimum atomic E-state index is 1.21. The molecule has 0 aromatic carbocycles. The first-order valence-corrected chi connectivity index (χ1v) is 12.4. The van der Waals surface area contributed by atoms with E-state index in [-0.39, 0.29) is 0 Å². The van der Waals surface area contributed by atoms with Gasteiger partial charge in [-0.05, 0) is 32.1 Å². The summed E-state index contributed by atoms with van der Waals surface area (Å²) in [4.78, 5) is 0. The van der Waals surface area contributed by atoms with Gasteiger partial charge in [0.1, 0.15) is 12.4 Å². The van der Waals surface area contributed by atoms with Crippen LogP contribution in [0.3, 0.4) is 0 Å². The van der Waals surface area contributed by atoms with Crippen LogP contribution in [0.1, 0.15) is 129 Å². The predicted octanol–water partition coefficient (Wildman–Crippen LogP) is 7.62. The Balaban J connectivity index is 2.41. The highest BCUT2D eigenvalue weighted by atomic mass is 15.1. The molecule has 2 nitrogen and oxygen atoms in total. The Morgan fingerprint density at radius 1 is 0.630 bits per heavy atom. The average Bonchev–Trinajstić information content (AvgIpc) is 3.06. The third-order valence-electron chi connectivity index (χ3n) is 5.85. The van der Waals surface area contributed by atoms with Crippen LogP contribution in [0.15, 0.2) is 12.4 Å². The van der Waals surface area contributed by atoms with Gasteiger partial charge in [0.2, 0.25) is 0 Å². The number of unbranched alkanes of at least 4 members (excludes halogenated alkanes) is 13. The van der Waals surface area contributed by atoms with Crippen LogP contribution < -0.4 is 4.57 Å². The maximum Gasteiger partial charge on any atom is 0.256 e. The Labute approximate surface area is 170 Å². The minimum Gasteiger partial charge on any atom is -0.234 e. The predicted molar refractivity (Wildman–Crippen MR) is 119 cm³/mol.